The predicted molar refractivity (Wildman–Crippen MR) is 66.6 cm³/mol. The minimum absolute atomic E-state index is 0.0312. The fourth-order valence-electron chi connectivity index (χ4n) is 5.27. The zero-order valence-electron chi connectivity index (χ0n) is 11.2. The third-order valence-electron chi connectivity index (χ3n) is 5.93. The van der Waals surface area contributed by atoms with E-state index in [9.17, 15) is 4.79 Å². The molecule has 3 rings (SSSR count). The third kappa shape index (κ3) is 1.04. The van der Waals surface area contributed by atoms with Crippen LogP contribution in [0.15, 0.2) is 12.2 Å². The summed E-state index contributed by atoms with van der Waals surface area (Å²) >= 11 is 0. The predicted octanol–water partition coefficient (Wildman–Crippen LogP) is 2.97. The van der Waals surface area contributed by atoms with Gasteiger partial charge in [0.15, 0.2) is 0 Å². The molecule has 94 valence electrons. The maximum atomic E-state index is 10.6. The Morgan fingerprint density at radius 2 is 1.94 bits per heavy atom. The fourth-order valence-corrected chi connectivity index (χ4v) is 5.27. The van der Waals surface area contributed by atoms with Gasteiger partial charge in [0.2, 0.25) is 0 Å². The summed E-state index contributed by atoms with van der Waals surface area (Å²) in [6.07, 6.45) is 7.17. The zero-order valence-corrected chi connectivity index (χ0v) is 11.2. The number of rotatable bonds is 2. The number of epoxide rings is 1. The molecule has 1 saturated heterocycles. The summed E-state index contributed by atoms with van der Waals surface area (Å²) in [6, 6.07) is 0. The van der Waals surface area contributed by atoms with Gasteiger partial charge in [0.25, 0.3) is 0 Å². The highest BCUT2D eigenvalue weighted by atomic mass is 16.6. The van der Waals surface area contributed by atoms with Gasteiger partial charge in [-0.15, -0.1) is 0 Å². The first-order valence-corrected chi connectivity index (χ1v) is 6.73. The molecule has 0 radical (unpaired) electrons. The molecule has 0 bridgehead atoms. The maximum Gasteiger partial charge on any atom is 0.142 e. The minimum Gasteiger partial charge on any atom is -0.362 e. The molecular weight excluding hydrogens is 212 g/mol. The monoisotopic (exact) mass is 234 g/mol. The van der Waals surface area contributed by atoms with Gasteiger partial charge in [-0.05, 0) is 43.1 Å². The van der Waals surface area contributed by atoms with Crippen LogP contribution in [0.25, 0.3) is 0 Å². The molecule has 17 heavy (non-hydrogen) atoms. The average molecular weight is 234 g/mol. The maximum absolute atomic E-state index is 10.6. The van der Waals surface area contributed by atoms with E-state index in [-0.39, 0.29) is 16.6 Å². The molecule has 0 aromatic rings. The summed E-state index contributed by atoms with van der Waals surface area (Å²) in [6.45, 7) is 9.26. The normalized spacial score (nSPS) is 54.7. The fraction of sp³-hybridized carbons (Fsp3) is 0.800. The summed E-state index contributed by atoms with van der Waals surface area (Å²) in [5.74, 6) is 1.68. The zero-order chi connectivity index (χ0) is 12.5. The Labute approximate surface area is 103 Å². The first-order chi connectivity index (χ1) is 7.91. The molecular formula is C15H22O2. The molecule has 0 aromatic heterocycles. The number of carbonyl (C=O) groups excluding carboxylic acids is 1. The molecule has 2 nitrogen and oxygen atoms in total. The number of carbonyl (C=O) groups is 1. The summed E-state index contributed by atoms with van der Waals surface area (Å²) < 4.78 is 6.24. The Bertz CT molecular complexity index is 398. The van der Waals surface area contributed by atoms with Gasteiger partial charge >= 0.3 is 0 Å². The van der Waals surface area contributed by atoms with E-state index in [0.717, 1.165) is 6.29 Å². The van der Waals surface area contributed by atoms with Crippen LogP contribution in [-0.4, -0.2) is 17.5 Å². The third-order valence-corrected chi connectivity index (χ3v) is 5.93. The molecule has 1 aliphatic heterocycles. The number of aldehydes is 1. The van der Waals surface area contributed by atoms with E-state index < -0.39 is 0 Å². The lowest BCUT2D eigenvalue weighted by molar-refractivity contribution is -0.104. The molecule has 5 atom stereocenters. The van der Waals surface area contributed by atoms with Crippen molar-refractivity contribution in [2.45, 2.75) is 51.7 Å². The van der Waals surface area contributed by atoms with Crippen LogP contribution in [0.3, 0.4) is 0 Å². The summed E-state index contributed by atoms with van der Waals surface area (Å²) in [4.78, 5) is 10.6. The van der Waals surface area contributed by atoms with Crippen LogP contribution in [0.4, 0.5) is 0 Å². The van der Waals surface area contributed by atoms with E-state index in [1.807, 2.05) is 0 Å². The lowest BCUT2D eigenvalue weighted by Gasteiger charge is -2.35. The largest absolute Gasteiger partial charge is 0.362 e. The van der Waals surface area contributed by atoms with Crippen molar-refractivity contribution < 1.29 is 9.53 Å². The number of hydrogen-bond acceptors (Lipinski definition) is 2. The van der Waals surface area contributed by atoms with E-state index in [0.29, 0.717) is 17.8 Å². The molecule has 1 spiro atoms. The van der Waals surface area contributed by atoms with Crippen LogP contribution in [0.2, 0.25) is 0 Å². The topological polar surface area (TPSA) is 29.6 Å². The van der Waals surface area contributed by atoms with Gasteiger partial charge in [0.1, 0.15) is 17.5 Å². The van der Waals surface area contributed by atoms with Gasteiger partial charge in [-0.1, -0.05) is 26.8 Å². The summed E-state index contributed by atoms with van der Waals surface area (Å²) in [5.41, 5.74) is 0.322. The van der Waals surface area contributed by atoms with Gasteiger partial charge in [0.05, 0.1) is 0 Å². The van der Waals surface area contributed by atoms with E-state index in [1.165, 1.54) is 12.8 Å². The average Bonchev–Trinajstić information content (AvgIpc) is 2.65. The van der Waals surface area contributed by atoms with Gasteiger partial charge < -0.3 is 4.74 Å². The molecule has 2 heteroatoms. The molecule has 0 amide bonds. The van der Waals surface area contributed by atoms with Crippen molar-refractivity contribution in [2.75, 3.05) is 0 Å². The Kier molecular flexibility index (Phi) is 2.04. The molecule has 2 saturated carbocycles. The number of ether oxygens (including phenoxy) is 1. The Morgan fingerprint density at radius 1 is 1.24 bits per heavy atom. The molecule has 2 aliphatic carbocycles. The molecule has 0 aromatic carbocycles. The second-order valence-corrected chi connectivity index (χ2v) is 6.85. The van der Waals surface area contributed by atoms with Gasteiger partial charge in [0, 0.05) is 5.92 Å². The number of allylic oxidation sites excluding steroid dienone is 1. The standard InChI is InChI=1S/C15H22O2/c1-10-7-8-12-13(2,3)11(6-5-9-16)14(4)15(10,12)17-14/h5-6,9-12H,7-8H2,1-4H3/b6-5-/t10-,11+,12+,14+,15-/m0/s1. The second-order valence-electron chi connectivity index (χ2n) is 6.85. The second kappa shape index (κ2) is 3.03. The molecule has 0 unspecified atom stereocenters. The van der Waals surface area contributed by atoms with Crippen LogP contribution >= 0.6 is 0 Å². The lowest BCUT2D eigenvalue weighted by Crippen LogP contribution is -2.32. The van der Waals surface area contributed by atoms with E-state index in [4.69, 9.17) is 4.74 Å². The van der Waals surface area contributed by atoms with Gasteiger partial charge in [-0.3, -0.25) is 4.79 Å². The van der Waals surface area contributed by atoms with Crippen LogP contribution in [0.5, 0.6) is 0 Å². The summed E-state index contributed by atoms with van der Waals surface area (Å²) in [7, 11) is 0. The van der Waals surface area contributed by atoms with Crippen molar-refractivity contribution in [3.8, 4) is 0 Å². The molecule has 0 N–H and O–H groups in total. The quantitative estimate of drug-likeness (QED) is 0.417. The van der Waals surface area contributed by atoms with Crippen molar-refractivity contribution in [1.82, 2.24) is 0 Å². The number of hydrogen-bond donors (Lipinski definition) is 0. The van der Waals surface area contributed by atoms with Crippen LogP contribution in [-0.2, 0) is 9.53 Å². The Morgan fingerprint density at radius 3 is 2.53 bits per heavy atom. The smallest absolute Gasteiger partial charge is 0.142 e. The van der Waals surface area contributed by atoms with Crippen molar-refractivity contribution in [1.29, 1.82) is 0 Å². The van der Waals surface area contributed by atoms with Gasteiger partial charge in [-0.2, -0.15) is 0 Å². The Hall–Kier alpha value is -0.630. The van der Waals surface area contributed by atoms with E-state index >= 15 is 0 Å². The van der Waals surface area contributed by atoms with Crippen LogP contribution in [0, 0.1) is 23.2 Å². The highest BCUT2D eigenvalue weighted by molar-refractivity contribution is 5.65. The van der Waals surface area contributed by atoms with E-state index in [2.05, 4.69) is 33.8 Å². The van der Waals surface area contributed by atoms with Crippen molar-refractivity contribution in [3.05, 3.63) is 12.2 Å². The first-order valence-electron chi connectivity index (χ1n) is 6.73. The van der Waals surface area contributed by atoms with Crippen molar-refractivity contribution >= 4 is 6.29 Å². The Balaban J connectivity index is 2.04. The first kappa shape index (κ1) is 11.5. The van der Waals surface area contributed by atoms with Crippen molar-refractivity contribution in [2.24, 2.45) is 23.2 Å². The summed E-state index contributed by atoms with van der Waals surface area (Å²) in [5, 5.41) is 0. The minimum atomic E-state index is -0.0312. The molecule has 3 fully saturated rings. The highest BCUT2D eigenvalue weighted by Crippen LogP contribution is 2.78. The van der Waals surface area contributed by atoms with Crippen LogP contribution in [0.1, 0.15) is 40.5 Å². The molecule has 1 heterocycles. The lowest BCUT2D eigenvalue weighted by atomic mass is 9.72. The van der Waals surface area contributed by atoms with Crippen molar-refractivity contribution in [3.63, 3.8) is 0 Å². The van der Waals surface area contributed by atoms with Gasteiger partial charge in [-0.25, -0.2) is 0 Å². The SMILES string of the molecule is C[C@H]1CC[C@@H]2C(C)(C)[C@@H](/C=C\C=O)[C@@]3(C)O[C@]213. The van der Waals surface area contributed by atoms with Crippen LogP contribution < -0.4 is 0 Å². The van der Waals surface area contributed by atoms with E-state index in [1.54, 1.807) is 6.08 Å². The highest BCUT2D eigenvalue weighted by Gasteiger charge is 2.85. The molecule has 3 aliphatic rings.